The van der Waals surface area contributed by atoms with Crippen LogP contribution in [0.2, 0.25) is 0 Å². The molecule has 1 rings (SSSR count). The van der Waals surface area contributed by atoms with Gasteiger partial charge >= 0.3 is 0 Å². The van der Waals surface area contributed by atoms with Gasteiger partial charge in [-0.15, -0.1) is 0 Å². The fourth-order valence-electron chi connectivity index (χ4n) is 0.506. The van der Waals surface area contributed by atoms with Gasteiger partial charge in [0.1, 0.15) is 7.05 Å². The molecule has 8 heavy (non-hydrogen) atoms. The minimum atomic E-state index is 1.22. The standard InChI is InChI=1S/C6H8NS/c1-3-6-4-7(2)5-8-6/h3-5H,1H2,2H3/q+1. The lowest BCUT2D eigenvalue weighted by Gasteiger charge is -1.68. The number of nitrogens with zero attached hydrogens (tertiary/aromatic N) is 1. The Morgan fingerprint density at radius 1 is 1.88 bits per heavy atom. The number of thiazole rings is 1. The fourth-order valence-corrected chi connectivity index (χ4v) is 1.18. The molecule has 0 aromatic carbocycles. The number of aromatic nitrogens is 1. The van der Waals surface area contributed by atoms with E-state index in [-0.39, 0.29) is 0 Å². The van der Waals surface area contributed by atoms with E-state index in [1.807, 2.05) is 29.4 Å². The lowest BCUT2D eigenvalue weighted by Crippen LogP contribution is -2.22. The Morgan fingerprint density at radius 2 is 2.62 bits per heavy atom. The van der Waals surface area contributed by atoms with Crippen LogP contribution in [0.5, 0.6) is 0 Å². The van der Waals surface area contributed by atoms with E-state index in [0.717, 1.165) is 0 Å². The molecule has 1 nitrogen and oxygen atoms in total. The predicted molar refractivity (Wildman–Crippen MR) is 35.6 cm³/mol. The summed E-state index contributed by atoms with van der Waals surface area (Å²) >= 11 is 1.69. The van der Waals surface area contributed by atoms with Gasteiger partial charge < -0.3 is 0 Å². The summed E-state index contributed by atoms with van der Waals surface area (Å²) < 4.78 is 2.02. The highest BCUT2D eigenvalue weighted by atomic mass is 32.1. The number of aryl methyl sites for hydroxylation is 1. The average molecular weight is 126 g/mol. The summed E-state index contributed by atoms with van der Waals surface area (Å²) in [4.78, 5) is 1.22. The summed E-state index contributed by atoms with van der Waals surface area (Å²) in [7, 11) is 2.00. The Kier molecular flexibility index (Phi) is 1.44. The molecular weight excluding hydrogens is 118 g/mol. The monoisotopic (exact) mass is 126 g/mol. The largest absolute Gasteiger partial charge is 0.225 e. The van der Waals surface area contributed by atoms with Crippen molar-refractivity contribution in [3.63, 3.8) is 0 Å². The van der Waals surface area contributed by atoms with Crippen LogP contribution in [-0.4, -0.2) is 0 Å². The van der Waals surface area contributed by atoms with E-state index >= 15 is 0 Å². The quantitative estimate of drug-likeness (QED) is 0.498. The van der Waals surface area contributed by atoms with Gasteiger partial charge in [0.05, 0.1) is 4.88 Å². The summed E-state index contributed by atoms with van der Waals surface area (Å²) in [5.74, 6) is 0. The summed E-state index contributed by atoms with van der Waals surface area (Å²) in [6.45, 7) is 3.64. The van der Waals surface area contributed by atoms with Gasteiger partial charge in [-0.25, -0.2) is 0 Å². The van der Waals surface area contributed by atoms with Gasteiger partial charge in [0, 0.05) is 0 Å². The van der Waals surface area contributed by atoms with E-state index in [1.165, 1.54) is 4.88 Å². The van der Waals surface area contributed by atoms with E-state index in [9.17, 15) is 0 Å². The molecule has 0 amide bonds. The lowest BCUT2D eigenvalue weighted by molar-refractivity contribution is -0.666. The molecule has 0 spiro atoms. The molecule has 0 saturated heterocycles. The highest BCUT2D eigenvalue weighted by molar-refractivity contribution is 7.10. The summed E-state index contributed by atoms with van der Waals surface area (Å²) in [6.07, 6.45) is 3.89. The lowest BCUT2D eigenvalue weighted by atomic mass is 10.5. The molecule has 1 aromatic rings. The predicted octanol–water partition coefficient (Wildman–Crippen LogP) is 1.22. The third kappa shape index (κ3) is 0.954. The normalized spacial score (nSPS) is 9.12. The van der Waals surface area contributed by atoms with Crippen molar-refractivity contribution in [3.8, 4) is 0 Å². The van der Waals surface area contributed by atoms with Crippen LogP contribution in [0.1, 0.15) is 4.88 Å². The molecule has 0 unspecified atom stereocenters. The van der Waals surface area contributed by atoms with Gasteiger partial charge in [-0.1, -0.05) is 17.9 Å². The second kappa shape index (κ2) is 2.09. The molecule has 0 aliphatic heterocycles. The second-order valence-corrected chi connectivity index (χ2v) is 2.54. The van der Waals surface area contributed by atoms with Crippen molar-refractivity contribution in [2.24, 2.45) is 7.05 Å². The van der Waals surface area contributed by atoms with Crippen LogP contribution in [0.25, 0.3) is 6.08 Å². The van der Waals surface area contributed by atoms with Gasteiger partial charge in [0.25, 0.3) is 0 Å². The maximum Gasteiger partial charge on any atom is 0.225 e. The molecular formula is C6H8NS+. The smallest absolute Gasteiger partial charge is 0.198 e. The maximum absolute atomic E-state index is 3.64. The first-order chi connectivity index (χ1) is 3.83. The zero-order valence-corrected chi connectivity index (χ0v) is 5.61. The minimum absolute atomic E-state index is 1.22. The van der Waals surface area contributed by atoms with Crippen LogP contribution in [0.4, 0.5) is 0 Å². The van der Waals surface area contributed by atoms with Crippen molar-refractivity contribution in [3.05, 3.63) is 23.2 Å². The Labute approximate surface area is 52.9 Å². The topological polar surface area (TPSA) is 3.88 Å². The molecule has 42 valence electrons. The Bertz CT molecular complexity index is 190. The molecule has 1 heterocycles. The highest BCUT2D eigenvalue weighted by Gasteiger charge is 1.94. The third-order valence-corrected chi connectivity index (χ3v) is 1.87. The van der Waals surface area contributed by atoms with Crippen molar-refractivity contribution >= 4 is 17.4 Å². The Balaban J connectivity index is 3.00. The molecule has 0 fully saturated rings. The fraction of sp³-hybridized carbons (Fsp3) is 0.167. The van der Waals surface area contributed by atoms with Crippen molar-refractivity contribution in [2.75, 3.05) is 0 Å². The molecule has 0 saturated carbocycles. The first kappa shape index (κ1) is 5.51. The average Bonchev–Trinajstić information content (AvgIpc) is 2.14. The Morgan fingerprint density at radius 3 is 2.88 bits per heavy atom. The van der Waals surface area contributed by atoms with Crippen molar-refractivity contribution in [1.82, 2.24) is 0 Å². The number of hydrogen-bond acceptors (Lipinski definition) is 1. The van der Waals surface area contributed by atoms with Gasteiger partial charge in [-0.3, -0.25) is 0 Å². The van der Waals surface area contributed by atoms with Crippen LogP contribution < -0.4 is 4.57 Å². The van der Waals surface area contributed by atoms with Crippen LogP contribution in [0.15, 0.2) is 18.3 Å². The zero-order valence-electron chi connectivity index (χ0n) is 4.79. The van der Waals surface area contributed by atoms with E-state index in [1.54, 1.807) is 11.3 Å². The summed E-state index contributed by atoms with van der Waals surface area (Å²) in [6, 6.07) is 0. The molecule has 0 bridgehead atoms. The van der Waals surface area contributed by atoms with Crippen LogP contribution in [0, 0.1) is 0 Å². The second-order valence-electron chi connectivity index (χ2n) is 1.62. The van der Waals surface area contributed by atoms with Crippen molar-refractivity contribution in [2.45, 2.75) is 0 Å². The molecule has 0 aliphatic carbocycles. The molecule has 1 aromatic heterocycles. The van der Waals surface area contributed by atoms with Crippen LogP contribution in [0.3, 0.4) is 0 Å². The summed E-state index contributed by atoms with van der Waals surface area (Å²) in [5.41, 5.74) is 2.04. The van der Waals surface area contributed by atoms with E-state index < -0.39 is 0 Å². The number of hydrogen-bond donors (Lipinski definition) is 0. The molecule has 0 atom stereocenters. The van der Waals surface area contributed by atoms with Gasteiger partial charge in [0.15, 0.2) is 6.20 Å². The molecule has 0 N–H and O–H groups in total. The number of rotatable bonds is 1. The van der Waals surface area contributed by atoms with Gasteiger partial charge in [-0.05, 0) is 6.08 Å². The SMILES string of the molecule is C=Cc1c[n+](C)cs1. The Hall–Kier alpha value is -0.630. The van der Waals surface area contributed by atoms with Crippen molar-refractivity contribution < 1.29 is 4.57 Å². The maximum atomic E-state index is 3.64. The van der Waals surface area contributed by atoms with Crippen LogP contribution in [-0.2, 0) is 7.05 Å². The third-order valence-electron chi connectivity index (χ3n) is 0.887. The van der Waals surface area contributed by atoms with Gasteiger partial charge in [-0.2, -0.15) is 4.57 Å². The van der Waals surface area contributed by atoms with E-state index in [2.05, 4.69) is 6.58 Å². The van der Waals surface area contributed by atoms with E-state index in [4.69, 9.17) is 0 Å². The van der Waals surface area contributed by atoms with Crippen molar-refractivity contribution in [1.29, 1.82) is 0 Å². The molecule has 2 heteroatoms. The van der Waals surface area contributed by atoms with Gasteiger partial charge in [0.2, 0.25) is 5.51 Å². The molecule has 0 radical (unpaired) electrons. The molecule has 0 aliphatic rings. The van der Waals surface area contributed by atoms with E-state index in [0.29, 0.717) is 0 Å². The summed E-state index contributed by atoms with van der Waals surface area (Å²) in [5, 5.41) is 0. The zero-order chi connectivity index (χ0) is 5.98. The minimum Gasteiger partial charge on any atom is -0.198 e. The van der Waals surface area contributed by atoms with Crippen LogP contribution >= 0.6 is 11.3 Å². The first-order valence-electron chi connectivity index (χ1n) is 2.39. The first-order valence-corrected chi connectivity index (χ1v) is 3.27. The highest BCUT2D eigenvalue weighted by Crippen LogP contribution is 2.03.